The fourth-order valence-electron chi connectivity index (χ4n) is 2.30. The first-order valence-corrected chi connectivity index (χ1v) is 6.51. The number of imide groups is 1. The third-order valence-electron chi connectivity index (χ3n) is 3.35. The summed E-state index contributed by atoms with van der Waals surface area (Å²) in [5.41, 5.74) is 0.770. The van der Waals surface area contributed by atoms with Gasteiger partial charge in [0.25, 0.3) is 11.8 Å². The molecule has 4 rings (SSSR count). The largest absolute Gasteiger partial charge is 0.384 e. The highest BCUT2D eigenvalue weighted by atomic mass is 16.7. The van der Waals surface area contributed by atoms with Gasteiger partial charge in [0.1, 0.15) is 11.8 Å². The van der Waals surface area contributed by atoms with Crippen LogP contribution in [0.25, 0.3) is 11.2 Å². The Balaban J connectivity index is 1.67. The number of hydrogen-bond donors (Lipinski definition) is 1. The molecule has 0 bridgehead atoms. The molecule has 1 aliphatic heterocycles. The SMILES string of the molecule is O=C(ON1C(=O)c2ccccc2C1=O)c1ncnc2nc[nH]c12. The van der Waals surface area contributed by atoms with Crippen molar-refractivity contribution in [3.05, 3.63) is 53.7 Å². The maximum atomic E-state index is 12.2. The van der Waals surface area contributed by atoms with Crippen LogP contribution in [0.4, 0.5) is 0 Å². The summed E-state index contributed by atoms with van der Waals surface area (Å²) in [4.78, 5) is 55.8. The zero-order valence-electron chi connectivity index (χ0n) is 11.4. The molecule has 23 heavy (non-hydrogen) atoms. The normalized spacial score (nSPS) is 13.5. The predicted molar refractivity (Wildman–Crippen MR) is 74.0 cm³/mol. The Kier molecular flexibility index (Phi) is 2.67. The van der Waals surface area contributed by atoms with E-state index in [2.05, 4.69) is 19.9 Å². The molecule has 0 radical (unpaired) electrons. The van der Waals surface area contributed by atoms with Gasteiger partial charge in [-0.2, -0.15) is 0 Å². The van der Waals surface area contributed by atoms with Crippen LogP contribution in [0.1, 0.15) is 31.2 Å². The lowest BCUT2D eigenvalue weighted by Crippen LogP contribution is -2.33. The predicted octanol–water partition coefficient (Wildman–Crippen LogP) is 0.721. The van der Waals surface area contributed by atoms with Gasteiger partial charge in [-0.1, -0.05) is 17.2 Å². The van der Waals surface area contributed by atoms with E-state index in [4.69, 9.17) is 4.84 Å². The molecule has 0 saturated carbocycles. The van der Waals surface area contributed by atoms with E-state index in [1.807, 2.05) is 0 Å². The average molecular weight is 309 g/mol. The van der Waals surface area contributed by atoms with E-state index < -0.39 is 17.8 Å². The number of H-pyrrole nitrogens is 1. The Bertz CT molecular complexity index is 945. The molecule has 3 heterocycles. The summed E-state index contributed by atoms with van der Waals surface area (Å²) in [6.45, 7) is 0. The van der Waals surface area contributed by atoms with Gasteiger partial charge in [-0.15, -0.1) is 0 Å². The maximum Gasteiger partial charge on any atom is 0.384 e. The van der Waals surface area contributed by atoms with Gasteiger partial charge in [0, 0.05) is 0 Å². The Morgan fingerprint density at radius 1 is 1.04 bits per heavy atom. The Hall–Kier alpha value is -3.62. The van der Waals surface area contributed by atoms with Crippen molar-refractivity contribution in [2.45, 2.75) is 0 Å². The molecular weight excluding hydrogens is 302 g/mol. The monoisotopic (exact) mass is 309 g/mol. The number of hydroxylamine groups is 2. The summed E-state index contributed by atoms with van der Waals surface area (Å²) in [6, 6.07) is 6.21. The molecule has 0 spiro atoms. The number of aromatic nitrogens is 4. The van der Waals surface area contributed by atoms with Crippen LogP contribution >= 0.6 is 0 Å². The number of carbonyl (C=O) groups is 3. The number of hydrogen-bond acceptors (Lipinski definition) is 7. The van der Waals surface area contributed by atoms with Crippen molar-refractivity contribution < 1.29 is 19.2 Å². The summed E-state index contributed by atoms with van der Waals surface area (Å²) < 4.78 is 0. The van der Waals surface area contributed by atoms with E-state index in [-0.39, 0.29) is 28.0 Å². The first-order valence-electron chi connectivity index (χ1n) is 6.51. The van der Waals surface area contributed by atoms with Crippen molar-refractivity contribution in [3.63, 3.8) is 0 Å². The highest BCUT2D eigenvalue weighted by Crippen LogP contribution is 2.23. The van der Waals surface area contributed by atoms with Crippen LogP contribution in [0.2, 0.25) is 0 Å². The van der Waals surface area contributed by atoms with Crippen molar-refractivity contribution in [2.24, 2.45) is 0 Å². The number of aromatic amines is 1. The molecular formula is C14H7N5O4. The zero-order valence-corrected chi connectivity index (χ0v) is 11.4. The maximum absolute atomic E-state index is 12.2. The standard InChI is InChI=1S/C14H7N5O4/c20-12-7-3-1-2-4-8(7)13(21)19(12)23-14(22)10-9-11(17-5-15-9)18-6-16-10/h1-6H,(H,15,16,17,18). The summed E-state index contributed by atoms with van der Waals surface area (Å²) in [6.07, 6.45) is 2.49. The fourth-order valence-corrected chi connectivity index (χ4v) is 2.30. The van der Waals surface area contributed by atoms with Crippen molar-refractivity contribution in [1.29, 1.82) is 0 Å². The average Bonchev–Trinajstić information content (AvgIpc) is 3.14. The molecule has 9 nitrogen and oxygen atoms in total. The summed E-state index contributed by atoms with van der Waals surface area (Å²) in [5, 5.41) is 0.428. The highest BCUT2D eigenvalue weighted by Gasteiger charge is 2.39. The molecule has 112 valence electrons. The first-order chi connectivity index (χ1) is 11.2. The van der Waals surface area contributed by atoms with Gasteiger partial charge in [-0.05, 0) is 12.1 Å². The Morgan fingerprint density at radius 3 is 2.43 bits per heavy atom. The molecule has 2 amide bonds. The highest BCUT2D eigenvalue weighted by molar-refractivity contribution is 6.21. The minimum Gasteiger partial charge on any atom is -0.341 e. The molecule has 0 saturated heterocycles. The Labute approximate surface area is 127 Å². The van der Waals surface area contributed by atoms with Crippen LogP contribution in [0.5, 0.6) is 0 Å². The number of benzene rings is 1. The molecule has 1 aromatic carbocycles. The number of imidazole rings is 1. The molecule has 0 fully saturated rings. The fraction of sp³-hybridized carbons (Fsp3) is 0. The van der Waals surface area contributed by atoms with Crippen LogP contribution in [0.3, 0.4) is 0 Å². The van der Waals surface area contributed by atoms with Crippen LogP contribution in [0, 0.1) is 0 Å². The molecule has 1 aliphatic rings. The number of rotatable bonds is 2. The summed E-state index contributed by atoms with van der Waals surface area (Å²) in [7, 11) is 0. The van der Waals surface area contributed by atoms with E-state index in [1.54, 1.807) is 12.1 Å². The number of fused-ring (bicyclic) bond motifs is 2. The van der Waals surface area contributed by atoms with Gasteiger partial charge < -0.3 is 9.82 Å². The second-order valence-corrected chi connectivity index (χ2v) is 4.65. The second-order valence-electron chi connectivity index (χ2n) is 4.65. The molecule has 1 N–H and O–H groups in total. The lowest BCUT2D eigenvalue weighted by atomic mass is 10.1. The minimum absolute atomic E-state index is 0.121. The van der Waals surface area contributed by atoms with E-state index in [0.717, 1.165) is 6.33 Å². The second kappa shape index (κ2) is 4.70. The third kappa shape index (κ3) is 1.87. The summed E-state index contributed by atoms with van der Waals surface area (Å²) in [5.74, 6) is -2.36. The van der Waals surface area contributed by atoms with Crippen molar-refractivity contribution in [1.82, 2.24) is 25.0 Å². The van der Waals surface area contributed by atoms with Gasteiger partial charge in [-0.3, -0.25) is 9.59 Å². The van der Waals surface area contributed by atoms with E-state index >= 15 is 0 Å². The van der Waals surface area contributed by atoms with Gasteiger partial charge in [-0.25, -0.2) is 19.7 Å². The minimum atomic E-state index is -0.962. The topological polar surface area (TPSA) is 118 Å². The van der Waals surface area contributed by atoms with Crippen molar-refractivity contribution >= 4 is 28.9 Å². The molecule has 0 atom stereocenters. The first kappa shape index (κ1) is 13.1. The number of nitrogens with zero attached hydrogens (tertiary/aromatic N) is 4. The Morgan fingerprint density at radius 2 is 1.74 bits per heavy atom. The van der Waals surface area contributed by atoms with Gasteiger partial charge >= 0.3 is 5.97 Å². The molecule has 3 aromatic rings. The molecule has 9 heteroatoms. The number of amides is 2. The zero-order chi connectivity index (χ0) is 16.0. The third-order valence-corrected chi connectivity index (χ3v) is 3.35. The lowest BCUT2D eigenvalue weighted by molar-refractivity contribution is -0.0587. The molecule has 0 aliphatic carbocycles. The van der Waals surface area contributed by atoms with E-state index in [1.165, 1.54) is 18.5 Å². The number of carbonyl (C=O) groups excluding carboxylic acids is 3. The molecule has 2 aromatic heterocycles. The van der Waals surface area contributed by atoms with Crippen LogP contribution in [-0.2, 0) is 4.84 Å². The van der Waals surface area contributed by atoms with Crippen molar-refractivity contribution in [3.8, 4) is 0 Å². The van der Waals surface area contributed by atoms with E-state index in [0.29, 0.717) is 5.06 Å². The van der Waals surface area contributed by atoms with E-state index in [9.17, 15) is 14.4 Å². The van der Waals surface area contributed by atoms with Crippen LogP contribution in [0.15, 0.2) is 36.9 Å². The lowest BCUT2D eigenvalue weighted by Gasteiger charge is -2.12. The van der Waals surface area contributed by atoms with Gasteiger partial charge in [0.05, 0.1) is 17.5 Å². The van der Waals surface area contributed by atoms with Gasteiger partial charge in [0.15, 0.2) is 11.3 Å². The number of nitrogens with one attached hydrogen (secondary N) is 1. The summed E-state index contributed by atoms with van der Waals surface area (Å²) >= 11 is 0. The smallest absolute Gasteiger partial charge is 0.341 e. The van der Waals surface area contributed by atoms with Crippen LogP contribution in [-0.4, -0.2) is 42.8 Å². The van der Waals surface area contributed by atoms with Crippen molar-refractivity contribution in [2.75, 3.05) is 0 Å². The van der Waals surface area contributed by atoms with Crippen LogP contribution < -0.4 is 0 Å². The van der Waals surface area contributed by atoms with Gasteiger partial charge in [0.2, 0.25) is 0 Å². The molecule has 0 unspecified atom stereocenters. The quantitative estimate of drug-likeness (QED) is 0.693.